The predicted molar refractivity (Wildman–Crippen MR) is 106 cm³/mol. The first-order chi connectivity index (χ1) is 13.4. The Kier molecular flexibility index (Phi) is 8.72. The number of carbonyl (C=O) groups is 2. The van der Waals surface area contributed by atoms with Crippen molar-refractivity contribution in [2.75, 3.05) is 5.75 Å². The molecule has 1 amide bonds. The number of aliphatic carboxylic acids is 1. The summed E-state index contributed by atoms with van der Waals surface area (Å²) >= 11 is 4.17. The molecule has 1 unspecified atom stereocenters. The average molecular weight is 474 g/mol. The SMILES string of the molecule is O=C(NC(CCSCc1c(F)ccc(Br)c1F)C(=O)O)OCc1ccccc1. The van der Waals surface area contributed by atoms with E-state index in [1.54, 1.807) is 24.3 Å². The lowest BCUT2D eigenvalue weighted by Gasteiger charge is -2.14. The molecule has 1 atom stereocenters. The van der Waals surface area contributed by atoms with Gasteiger partial charge in [0.1, 0.15) is 24.3 Å². The van der Waals surface area contributed by atoms with Gasteiger partial charge in [0.15, 0.2) is 0 Å². The minimum atomic E-state index is -1.21. The van der Waals surface area contributed by atoms with Crippen molar-refractivity contribution in [2.24, 2.45) is 0 Å². The minimum Gasteiger partial charge on any atom is -0.480 e. The van der Waals surface area contributed by atoms with E-state index in [9.17, 15) is 23.5 Å². The number of hydrogen-bond donors (Lipinski definition) is 2. The third-order valence-corrected chi connectivity index (χ3v) is 5.37. The highest BCUT2D eigenvalue weighted by atomic mass is 79.9. The van der Waals surface area contributed by atoms with Gasteiger partial charge in [-0.3, -0.25) is 0 Å². The van der Waals surface area contributed by atoms with Crippen LogP contribution in [0.5, 0.6) is 0 Å². The summed E-state index contributed by atoms with van der Waals surface area (Å²) in [6, 6.07) is 10.3. The molecule has 2 rings (SSSR count). The van der Waals surface area contributed by atoms with E-state index in [1.807, 2.05) is 6.07 Å². The lowest BCUT2D eigenvalue weighted by molar-refractivity contribution is -0.139. The molecule has 28 heavy (non-hydrogen) atoms. The third-order valence-electron chi connectivity index (χ3n) is 3.74. The molecular weight excluding hydrogens is 456 g/mol. The van der Waals surface area contributed by atoms with E-state index >= 15 is 0 Å². The van der Waals surface area contributed by atoms with Crippen LogP contribution in [0.15, 0.2) is 46.9 Å². The molecule has 150 valence electrons. The standard InChI is InChI=1S/C19H18BrF2NO4S/c20-14-6-7-15(21)13(17(14)22)11-28-9-8-16(18(24)25)23-19(26)27-10-12-4-2-1-3-5-12/h1-7,16H,8-11H2,(H,23,26)(H,24,25). The van der Waals surface area contributed by atoms with Gasteiger partial charge in [-0.1, -0.05) is 30.3 Å². The van der Waals surface area contributed by atoms with Gasteiger partial charge in [0.25, 0.3) is 0 Å². The summed E-state index contributed by atoms with van der Waals surface area (Å²) in [7, 11) is 0. The maximum Gasteiger partial charge on any atom is 0.408 e. The molecular formula is C19H18BrF2NO4S. The number of alkyl carbamates (subject to hydrolysis) is 1. The molecule has 0 bridgehead atoms. The van der Waals surface area contributed by atoms with Gasteiger partial charge in [0, 0.05) is 11.3 Å². The van der Waals surface area contributed by atoms with Crippen LogP contribution in [0, 0.1) is 11.6 Å². The van der Waals surface area contributed by atoms with E-state index in [0.29, 0.717) is 0 Å². The zero-order chi connectivity index (χ0) is 20.5. The number of benzene rings is 2. The molecule has 0 radical (unpaired) electrons. The fourth-order valence-corrected chi connectivity index (χ4v) is 3.63. The number of carboxylic acids is 1. The number of rotatable bonds is 9. The minimum absolute atomic E-state index is 0.0230. The van der Waals surface area contributed by atoms with Crippen LogP contribution in [0.2, 0.25) is 0 Å². The molecule has 0 aliphatic heterocycles. The molecule has 0 aromatic heterocycles. The zero-order valence-corrected chi connectivity index (χ0v) is 17.1. The normalized spacial score (nSPS) is 11.7. The number of carboxylic acid groups (broad SMARTS) is 1. The number of nitrogens with one attached hydrogen (secondary N) is 1. The first-order valence-corrected chi connectivity index (χ1v) is 10.2. The Morgan fingerprint density at radius 3 is 2.57 bits per heavy atom. The Hall–Kier alpha value is -2.13. The second-order valence-corrected chi connectivity index (χ2v) is 7.72. The van der Waals surface area contributed by atoms with Crippen LogP contribution >= 0.6 is 27.7 Å². The van der Waals surface area contributed by atoms with Crippen molar-refractivity contribution in [1.82, 2.24) is 5.32 Å². The van der Waals surface area contributed by atoms with Crippen LogP contribution in [0.1, 0.15) is 17.5 Å². The Morgan fingerprint density at radius 1 is 1.18 bits per heavy atom. The van der Waals surface area contributed by atoms with Gasteiger partial charge in [-0.15, -0.1) is 0 Å². The molecule has 2 N–H and O–H groups in total. The fraction of sp³-hybridized carbons (Fsp3) is 0.263. The van der Waals surface area contributed by atoms with Gasteiger partial charge in [0.05, 0.1) is 4.47 Å². The van der Waals surface area contributed by atoms with Crippen molar-refractivity contribution < 1.29 is 28.2 Å². The fourth-order valence-electron chi connectivity index (χ4n) is 2.24. The number of carbonyl (C=O) groups excluding carboxylic acids is 1. The van der Waals surface area contributed by atoms with E-state index < -0.39 is 29.7 Å². The van der Waals surface area contributed by atoms with Crippen LogP contribution < -0.4 is 5.32 Å². The van der Waals surface area contributed by atoms with Crippen molar-refractivity contribution in [1.29, 1.82) is 0 Å². The smallest absolute Gasteiger partial charge is 0.408 e. The van der Waals surface area contributed by atoms with E-state index in [0.717, 1.165) is 11.6 Å². The maximum absolute atomic E-state index is 13.9. The van der Waals surface area contributed by atoms with Gasteiger partial charge in [-0.25, -0.2) is 18.4 Å². The third kappa shape index (κ3) is 6.79. The van der Waals surface area contributed by atoms with Crippen molar-refractivity contribution in [3.8, 4) is 0 Å². The second kappa shape index (κ2) is 11.0. The number of amides is 1. The summed E-state index contributed by atoms with van der Waals surface area (Å²) in [5, 5.41) is 11.5. The molecule has 0 saturated carbocycles. The first-order valence-electron chi connectivity index (χ1n) is 8.28. The summed E-state index contributed by atoms with van der Waals surface area (Å²) in [5.41, 5.74) is 0.694. The largest absolute Gasteiger partial charge is 0.480 e. The van der Waals surface area contributed by atoms with Crippen LogP contribution in [-0.4, -0.2) is 29.0 Å². The molecule has 0 spiro atoms. The lowest BCUT2D eigenvalue weighted by Crippen LogP contribution is -2.41. The maximum atomic E-state index is 13.9. The second-order valence-electron chi connectivity index (χ2n) is 5.76. The molecule has 0 saturated heterocycles. The summed E-state index contributed by atoms with van der Waals surface area (Å²) in [4.78, 5) is 23.1. The summed E-state index contributed by atoms with van der Waals surface area (Å²) in [5.74, 6) is -2.23. The van der Waals surface area contributed by atoms with Gasteiger partial charge >= 0.3 is 12.1 Å². The number of ether oxygens (including phenoxy) is 1. The Bertz CT molecular complexity index is 823. The van der Waals surface area contributed by atoms with E-state index in [1.165, 1.54) is 17.8 Å². The van der Waals surface area contributed by atoms with Crippen molar-refractivity contribution >= 4 is 39.8 Å². The van der Waals surface area contributed by atoms with Crippen LogP contribution in [0.4, 0.5) is 13.6 Å². The number of hydrogen-bond acceptors (Lipinski definition) is 4. The Balaban J connectivity index is 1.79. The summed E-state index contributed by atoms with van der Waals surface area (Å²) < 4.78 is 32.8. The summed E-state index contributed by atoms with van der Waals surface area (Å²) in [6.45, 7) is 0.0230. The van der Waals surface area contributed by atoms with E-state index in [2.05, 4.69) is 21.2 Å². The van der Waals surface area contributed by atoms with Crippen LogP contribution in [-0.2, 0) is 21.9 Å². The van der Waals surface area contributed by atoms with Crippen molar-refractivity contribution in [2.45, 2.75) is 24.8 Å². The molecule has 0 heterocycles. The molecule has 2 aromatic rings. The number of halogens is 3. The topological polar surface area (TPSA) is 75.6 Å². The average Bonchev–Trinajstić information content (AvgIpc) is 2.68. The van der Waals surface area contributed by atoms with Crippen molar-refractivity contribution in [3.63, 3.8) is 0 Å². The van der Waals surface area contributed by atoms with E-state index in [-0.39, 0.29) is 34.6 Å². The van der Waals surface area contributed by atoms with Crippen LogP contribution in [0.25, 0.3) is 0 Å². The van der Waals surface area contributed by atoms with E-state index in [4.69, 9.17) is 4.74 Å². The zero-order valence-electron chi connectivity index (χ0n) is 14.7. The highest BCUT2D eigenvalue weighted by molar-refractivity contribution is 9.10. The van der Waals surface area contributed by atoms with Gasteiger partial charge in [-0.2, -0.15) is 11.8 Å². The predicted octanol–water partition coefficient (Wildman–Crippen LogP) is 4.73. The highest BCUT2D eigenvalue weighted by Gasteiger charge is 2.21. The van der Waals surface area contributed by atoms with Gasteiger partial charge in [0.2, 0.25) is 0 Å². The Morgan fingerprint density at radius 2 is 1.89 bits per heavy atom. The Labute approximate surface area is 173 Å². The first kappa shape index (κ1) is 22.2. The van der Waals surface area contributed by atoms with Crippen LogP contribution in [0.3, 0.4) is 0 Å². The molecule has 0 fully saturated rings. The lowest BCUT2D eigenvalue weighted by atomic mass is 10.2. The van der Waals surface area contributed by atoms with Gasteiger partial charge < -0.3 is 15.2 Å². The molecule has 9 heteroatoms. The number of thioether (sulfide) groups is 1. The van der Waals surface area contributed by atoms with Gasteiger partial charge in [-0.05, 0) is 45.8 Å². The monoisotopic (exact) mass is 473 g/mol. The molecule has 2 aromatic carbocycles. The highest BCUT2D eigenvalue weighted by Crippen LogP contribution is 2.25. The summed E-state index contributed by atoms with van der Waals surface area (Å²) in [6.07, 6.45) is -0.761. The quantitative estimate of drug-likeness (QED) is 0.406. The van der Waals surface area contributed by atoms with Crippen molar-refractivity contribution in [3.05, 3.63) is 69.7 Å². The molecule has 5 nitrogen and oxygen atoms in total. The molecule has 0 aliphatic carbocycles. The molecule has 0 aliphatic rings.